The summed E-state index contributed by atoms with van der Waals surface area (Å²) in [6.45, 7) is 19.2. The molecule has 3 rings (SSSR count). The van der Waals surface area contributed by atoms with Gasteiger partial charge in [-0.25, -0.2) is 4.98 Å². The molecule has 2 aliphatic heterocycles. The number of imidazole rings is 1. The van der Waals surface area contributed by atoms with E-state index in [0.717, 1.165) is 31.7 Å². The molecule has 5 atom stereocenters. The molecule has 3 N–H and O–H groups in total. The average molecular weight is 436 g/mol. The van der Waals surface area contributed by atoms with Gasteiger partial charge < -0.3 is 20.0 Å². The molecule has 2 fully saturated rings. The van der Waals surface area contributed by atoms with Gasteiger partial charge in [0.25, 0.3) is 0 Å². The summed E-state index contributed by atoms with van der Waals surface area (Å²) in [5.74, 6) is 0.0959. The lowest BCUT2D eigenvalue weighted by molar-refractivity contribution is -0.125. The number of piperazine rings is 1. The summed E-state index contributed by atoms with van der Waals surface area (Å²) in [6.07, 6.45) is 5.50. The minimum atomic E-state index is -1.81. The second-order valence-corrected chi connectivity index (χ2v) is 16.3. The van der Waals surface area contributed by atoms with Crippen molar-refractivity contribution in [3.63, 3.8) is 0 Å². The summed E-state index contributed by atoms with van der Waals surface area (Å²) >= 11 is 0. The number of amides is 1. The standard InChI is InChI=1S/C22H41N5O2Si/c1-21(2,3)26-20(28)18-19-17(13-29-30(7,8)22(4,5)6)27(19)12-16(25-18)10-9-15-11-23-14-24-15/h11,14,16-19,25H,9-10,12-13H2,1-8H3,(H,23,24)(H,26,28)/t16-,17-,18-,19+,27?/m1/s1. The van der Waals surface area contributed by atoms with Crippen molar-refractivity contribution in [2.24, 2.45) is 0 Å². The molecule has 1 amide bonds. The largest absolute Gasteiger partial charge is 0.415 e. The maximum Gasteiger partial charge on any atom is 0.239 e. The zero-order valence-corrected chi connectivity index (χ0v) is 21.0. The van der Waals surface area contributed by atoms with Crippen LogP contribution in [0.3, 0.4) is 0 Å². The van der Waals surface area contributed by atoms with Gasteiger partial charge in [-0.15, -0.1) is 0 Å². The number of nitrogens with one attached hydrogen (secondary N) is 3. The van der Waals surface area contributed by atoms with E-state index < -0.39 is 8.32 Å². The van der Waals surface area contributed by atoms with Gasteiger partial charge in [-0.3, -0.25) is 9.69 Å². The highest BCUT2D eigenvalue weighted by Gasteiger charge is 2.58. The summed E-state index contributed by atoms with van der Waals surface area (Å²) in [5, 5.41) is 7.02. The molecule has 170 valence electrons. The van der Waals surface area contributed by atoms with E-state index in [1.165, 1.54) is 0 Å². The molecule has 7 nitrogen and oxygen atoms in total. The van der Waals surface area contributed by atoms with Crippen LogP contribution < -0.4 is 10.6 Å². The maximum absolute atomic E-state index is 13.1. The number of carbonyl (C=O) groups excluding carboxylic acids is 1. The number of aromatic nitrogens is 2. The number of carbonyl (C=O) groups is 1. The Morgan fingerprint density at radius 1 is 1.30 bits per heavy atom. The summed E-state index contributed by atoms with van der Waals surface area (Å²) in [5.41, 5.74) is 0.896. The third kappa shape index (κ3) is 5.52. The number of fused-ring (bicyclic) bond motifs is 1. The van der Waals surface area contributed by atoms with Crippen LogP contribution in [-0.2, 0) is 15.6 Å². The highest BCUT2D eigenvalue weighted by atomic mass is 28.4. The third-order valence-corrected chi connectivity index (χ3v) is 11.3. The van der Waals surface area contributed by atoms with Gasteiger partial charge in [-0.2, -0.15) is 0 Å². The molecule has 0 aromatic carbocycles. The van der Waals surface area contributed by atoms with E-state index in [0.29, 0.717) is 6.04 Å². The molecule has 1 aromatic heterocycles. The number of aromatic amines is 1. The van der Waals surface area contributed by atoms with Crippen LogP contribution >= 0.6 is 0 Å². The fourth-order valence-electron chi connectivity index (χ4n) is 3.99. The van der Waals surface area contributed by atoms with Crippen LogP contribution in [0, 0.1) is 0 Å². The minimum absolute atomic E-state index is 0.0959. The predicted octanol–water partition coefficient (Wildman–Crippen LogP) is 2.67. The van der Waals surface area contributed by atoms with Gasteiger partial charge in [0, 0.05) is 36.1 Å². The SMILES string of the molecule is CC(C)(C)NC(=O)[C@@H]1N[C@H](CCc2cnc[nH]2)CN2[C@H]1[C@H]2CO[Si](C)(C)C(C)(C)C. The van der Waals surface area contributed by atoms with Gasteiger partial charge in [0.2, 0.25) is 5.91 Å². The molecule has 0 bridgehead atoms. The first kappa shape index (κ1) is 23.4. The second-order valence-electron chi connectivity index (χ2n) is 11.5. The predicted molar refractivity (Wildman–Crippen MR) is 123 cm³/mol. The van der Waals surface area contributed by atoms with E-state index in [1.54, 1.807) is 6.33 Å². The topological polar surface area (TPSA) is 82.1 Å². The molecule has 1 unspecified atom stereocenters. The molecule has 30 heavy (non-hydrogen) atoms. The third-order valence-electron chi connectivity index (χ3n) is 6.82. The Bertz CT molecular complexity index is 723. The van der Waals surface area contributed by atoms with Gasteiger partial charge in [-0.1, -0.05) is 20.8 Å². The van der Waals surface area contributed by atoms with Gasteiger partial charge in [0.05, 0.1) is 19.0 Å². The number of hydrogen-bond acceptors (Lipinski definition) is 5. The minimum Gasteiger partial charge on any atom is -0.415 e. The van der Waals surface area contributed by atoms with Gasteiger partial charge in [0.15, 0.2) is 8.32 Å². The Morgan fingerprint density at radius 3 is 2.57 bits per heavy atom. The normalized spacial score (nSPS) is 29.4. The van der Waals surface area contributed by atoms with Gasteiger partial charge in [0.1, 0.15) is 6.04 Å². The molecule has 8 heteroatoms. The smallest absolute Gasteiger partial charge is 0.239 e. The fourth-order valence-corrected chi connectivity index (χ4v) is 5.01. The van der Waals surface area contributed by atoms with Crippen molar-refractivity contribution >= 4 is 14.2 Å². The molecule has 3 heterocycles. The van der Waals surface area contributed by atoms with Crippen molar-refractivity contribution < 1.29 is 9.22 Å². The van der Waals surface area contributed by atoms with Crippen molar-refractivity contribution in [2.45, 2.75) is 102 Å². The number of H-pyrrole nitrogens is 1. The second kappa shape index (κ2) is 8.37. The summed E-state index contributed by atoms with van der Waals surface area (Å²) in [6, 6.07) is 0.621. The Kier molecular flexibility index (Phi) is 6.54. The van der Waals surface area contributed by atoms with Crippen molar-refractivity contribution in [1.82, 2.24) is 25.5 Å². The molecular weight excluding hydrogens is 394 g/mol. The molecule has 0 spiro atoms. The number of nitrogens with zero attached hydrogens (tertiary/aromatic N) is 2. The fraction of sp³-hybridized carbons (Fsp3) is 0.818. The van der Waals surface area contributed by atoms with Crippen LogP contribution in [0.15, 0.2) is 12.5 Å². The van der Waals surface area contributed by atoms with Gasteiger partial charge >= 0.3 is 0 Å². The highest BCUT2D eigenvalue weighted by molar-refractivity contribution is 6.74. The quantitative estimate of drug-likeness (QED) is 0.453. The number of hydrogen-bond donors (Lipinski definition) is 3. The Morgan fingerprint density at radius 2 is 2.00 bits per heavy atom. The van der Waals surface area contributed by atoms with Crippen molar-refractivity contribution in [3.8, 4) is 0 Å². The molecular formula is C22H41N5O2Si. The molecule has 1 aromatic rings. The van der Waals surface area contributed by atoms with E-state index in [1.807, 2.05) is 27.0 Å². The van der Waals surface area contributed by atoms with E-state index in [4.69, 9.17) is 4.43 Å². The van der Waals surface area contributed by atoms with Crippen LogP contribution in [0.2, 0.25) is 18.1 Å². The summed E-state index contributed by atoms with van der Waals surface area (Å²) in [7, 11) is -1.81. The molecule has 0 saturated carbocycles. The maximum atomic E-state index is 13.1. The number of rotatable bonds is 7. The molecule has 2 aliphatic rings. The molecule has 0 aliphatic carbocycles. The lowest BCUT2D eigenvalue weighted by Crippen LogP contribution is -2.59. The van der Waals surface area contributed by atoms with Crippen LogP contribution in [0.1, 0.15) is 53.7 Å². The summed E-state index contributed by atoms with van der Waals surface area (Å²) in [4.78, 5) is 22.8. The van der Waals surface area contributed by atoms with E-state index >= 15 is 0 Å². The zero-order chi connectivity index (χ0) is 22.3. The van der Waals surface area contributed by atoms with Crippen molar-refractivity contribution in [2.75, 3.05) is 13.2 Å². The lowest BCUT2D eigenvalue weighted by Gasteiger charge is -2.36. The van der Waals surface area contributed by atoms with Crippen LogP contribution in [0.25, 0.3) is 0 Å². The van der Waals surface area contributed by atoms with Crippen LogP contribution in [0.4, 0.5) is 0 Å². The Labute approximate surface area is 182 Å². The number of aryl methyl sites for hydroxylation is 1. The van der Waals surface area contributed by atoms with Crippen molar-refractivity contribution in [3.05, 3.63) is 18.2 Å². The Balaban J connectivity index is 1.66. The molecule has 0 radical (unpaired) electrons. The van der Waals surface area contributed by atoms with E-state index in [2.05, 4.69) is 59.4 Å². The molecule has 2 saturated heterocycles. The highest BCUT2D eigenvalue weighted by Crippen LogP contribution is 2.40. The van der Waals surface area contributed by atoms with E-state index in [-0.39, 0.29) is 34.6 Å². The summed E-state index contributed by atoms with van der Waals surface area (Å²) < 4.78 is 6.52. The van der Waals surface area contributed by atoms with Crippen molar-refractivity contribution in [1.29, 1.82) is 0 Å². The van der Waals surface area contributed by atoms with Crippen LogP contribution in [0.5, 0.6) is 0 Å². The average Bonchev–Trinajstić information content (AvgIpc) is 3.04. The lowest BCUT2D eigenvalue weighted by atomic mass is 10.0. The zero-order valence-electron chi connectivity index (χ0n) is 20.0. The monoisotopic (exact) mass is 435 g/mol. The Hall–Kier alpha value is -1.22. The van der Waals surface area contributed by atoms with E-state index in [9.17, 15) is 4.79 Å². The first-order chi connectivity index (χ1) is 13.8. The van der Waals surface area contributed by atoms with Gasteiger partial charge in [-0.05, 0) is 51.7 Å². The first-order valence-electron chi connectivity index (χ1n) is 11.2. The van der Waals surface area contributed by atoms with Crippen LogP contribution in [-0.4, -0.2) is 72.0 Å². The first-order valence-corrected chi connectivity index (χ1v) is 14.1.